The Hall–Kier alpha value is -1.90. The van der Waals surface area contributed by atoms with Crippen molar-refractivity contribution in [2.24, 2.45) is 0 Å². The lowest BCUT2D eigenvalue weighted by Gasteiger charge is -2.11. The van der Waals surface area contributed by atoms with Crippen LogP contribution < -0.4 is 4.72 Å². The van der Waals surface area contributed by atoms with Gasteiger partial charge in [-0.15, -0.1) is 0 Å². The third-order valence-electron chi connectivity index (χ3n) is 2.92. The zero-order chi connectivity index (χ0) is 15.5. The third-order valence-corrected chi connectivity index (χ3v) is 4.44. The van der Waals surface area contributed by atoms with Crippen LogP contribution in [0, 0.1) is 12.7 Å². The standard InChI is InChI=1S/C13H14FN3O3S/c1-9-12(14)4-10(7-18)5-13(9)21(19,20)17-6-11-2-3-15-8-16-11/h2-5,8,17-18H,6-7H2,1H3. The Labute approximate surface area is 121 Å². The number of hydrogen-bond acceptors (Lipinski definition) is 5. The molecule has 2 N–H and O–H groups in total. The molecule has 8 heteroatoms. The van der Waals surface area contributed by atoms with Crippen LogP contribution in [-0.4, -0.2) is 23.5 Å². The second-order valence-electron chi connectivity index (χ2n) is 4.38. The molecule has 0 bridgehead atoms. The smallest absolute Gasteiger partial charge is 0.241 e. The molecular formula is C13H14FN3O3S. The molecule has 6 nitrogen and oxygen atoms in total. The van der Waals surface area contributed by atoms with Crippen LogP contribution in [0.3, 0.4) is 0 Å². The van der Waals surface area contributed by atoms with Gasteiger partial charge in [-0.2, -0.15) is 0 Å². The number of sulfonamides is 1. The number of nitrogens with one attached hydrogen (secondary N) is 1. The molecular weight excluding hydrogens is 297 g/mol. The van der Waals surface area contributed by atoms with Crippen molar-refractivity contribution in [3.8, 4) is 0 Å². The second kappa shape index (κ2) is 6.25. The van der Waals surface area contributed by atoms with Gasteiger partial charge in [-0.1, -0.05) is 0 Å². The average Bonchev–Trinajstić information content (AvgIpc) is 2.48. The fourth-order valence-corrected chi connectivity index (χ4v) is 3.05. The molecule has 21 heavy (non-hydrogen) atoms. The maximum absolute atomic E-state index is 13.7. The average molecular weight is 311 g/mol. The maximum atomic E-state index is 13.7. The summed E-state index contributed by atoms with van der Waals surface area (Å²) in [6.07, 6.45) is 2.80. The van der Waals surface area contributed by atoms with Crippen LogP contribution in [0.25, 0.3) is 0 Å². The Morgan fingerprint density at radius 2 is 2.14 bits per heavy atom. The third kappa shape index (κ3) is 3.60. The summed E-state index contributed by atoms with van der Waals surface area (Å²) in [5, 5.41) is 9.05. The summed E-state index contributed by atoms with van der Waals surface area (Å²) in [6, 6.07) is 3.93. The van der Waals surface area contributed by atoms with Crippen LogP contribution in [0.4, 0.5) is 4.39 Å². The minimum atomic E-state index is -3.91. The van der Waals surface area contributed by atoms with Gasteiger partial charge in [-0.05, 0) is 30.7 Å². The first-order chi connectivity index (χ1) is 9.94. The maximum Gasteiger partial charge on any atom is 0.241 e. The minimum Gasteiger partial charge on any atom is -0.392 e. The molecule has 112 valence electrons. The van der Waals surface area contributed by atoms with Crippen molar-refractivity contribution in [1.29, 1.82) is 0 Å². The SMILES string of the molecule is Cc1c(F)cc(CO)cc1S(=O)(=O)NCc1ccncn1. The van der Waals surface area contributed by atoms with Crippen molar-refractivity contribution in [3.05, 3.63) is 53.4 Å². The van der Waals surface area contributed by atoms with Gasteiger partial charge in [-0.3, -0.25) is 0 Å². The van der Waals surface area contributed by atoms with Gasteiger partial charge in [0.25, 0.3) is 0 Å². The Balaban J connectivity index is 2.29. The number of benzene rings is 1. The van der Waals surface area contributed by atoms with Crippen molar-refractivity contribution in [3.63, 3.8) is 0 Å². The first kappa shape index (κ1) is 15.5. The summed E-state index contributed by atoms with van der Waals surface area (Å²) in [6.45, 7) is 0.899. The summed E-state index contributed by atoms with van der Waals surface area (Å²) in [4.78, 5) is 7.43. The van der Waals surface area contributed by atoms with Crippen LogP contribution in [0.1, 0.15) is 16.8 Å². The van der Waals surface area contributed by atoms with Crippen LogP contribution in [-0.2, 0) is 23.2 Å². The highest BCUT2D eigenvalue weighted by Crippen LogP contribution is 2.20. The predicted molar refractivity (Wildman–Crippen MR) is 73.1 cm³/mol. The van der Waals surface area contributed by atoms with Crippen LogP contribution in [0.2, 0.25) is 0 Å². The van der Waals surface area contributed by atoms with E-state index < -0.39 is 22.4 Å². The summed E-state index contributed by atoms with van der Waals surface area (Å²) in [5.74, 6) is -0.677. The van der Waals surface area contributed by atoms with E-state index in [1.54, 1.807) is 6.07 Å². The van der Waals surface area contributed by atoms with Gasteiger partial charge >= 0.3 is 0 Å². The zero-order valence-electron chi connectivity index (χ0n) is 11.2. The molecule has 0 aliphatic carbocycles. The van der Waals surface area contributed by atoms with E-state index in [2.05, 4.69) is 14.7 Å². The molecule has 0 amide bonds. The van der Waals surface area contributed by atoms with E-state index >= 15 is 0 Å². The van der Waals surface area contributed by atoms with Gasteiger partial charge < -0.3 is 5.11 Å². The number of halogens is 1. The molecule has 0 aliphatic heterocycles. The zero-order valence-corrected chi connectivity index (χ0v) is 12.1. The second-order valence-corrected chi connectivity index (χ2v) is 6.12. The van der Waals surface area contributed by atoms with E-state index in [4.69, 9.17) is 5.11 Å². The first-order valence-corrected chi connectivity index (χ1v) is 7.57. The molecule has 0 atom stereocenters. The van der Waals surface area contributed by atoms with E-state index in [1.165, 1.54) is 25.5 Å². The summed E-state index contributed by atoms with van der Waals surface area (Å²) in [7, 11) is -3.91. The Morgan fingerprint density at radius 3 is 2.76 bits per heavy atom. The molecule has 0 spiro atoms. The Bertz CT molecular complexity index is 736. The fraction of sp³-hybridized carbons (Fsp3) is 0.231. The monoisotopic (exact) mass is 311 g/mol. The number of hydrogen-bond donors (Lipinski definition) is 2. The molecule has 0 saturated heterocycles. The van der Waals surface area contributed by atoms with Gasteiger partial charge in [0.2, 0.25) is 10.0 Å². The van der Waals surface area contributed by atoms with Gasteiger partial charge in [0.05, 0.1) is 23.7 Å². The molecule has 1 aromatic carbocycles. The van der Waals surface area contributed by atoms with Crippen molar-refractivity contribution in [2.45, 2.75) is 25.0 Å². The first-order valence-electron chi connectivity index (χ1n) is 6.08. The quantitative estimate of drug-likeness (QED) is 0.856. The molecule has 0 saturated carbocycles. The molecule has 0 aliphatic rings. The van der Waals surface area contributed by atoms with Gasteiger partial charge in [0, 0.05) is 11.8 Å². The largest absolute Gasteiger partial charge is 0.392 e. The van der Waals surface area contributed by atoms with E-state index in [9.17, 15) is 12.8 Å². The Morgan fingerprint density at radius 1 is 1.38 bits per heavy atom. The van der Waals surface area contributed by atoms with Crippen molar-refractivity contribution < 1.29 is 17.9 Å². The van der Waals surface area contributed by atoms with E-state index in [-0.39, 0.29) is 22.6 Å². The normalized spacial score (nSPS) is 11.6. The molecule has 0 unspecified atom stereocenters. The Kier molecular flexibility index (Phi) is 4.61. The molecule has 1 aromatic heterocycles. The number of aliphatic hydroxyl groups is 1. The van der Waals surface area contributed by atoms with E-state index in [1.807, 2.05) is 0 Å². The van der Waals surface area contributed by atoms with Gasteiger partial charge in [0.15, 0.2) is 0 Å². The number of aliphatic hydroxyl groups excluding tert-OH is 1. The lowest BCUT2D eigenvalue weighted by Crippen LogP contribution is -2.25. The summed E-state index contributed by atoms with van der Waals surface area (Å²) >= 11 is 0. The highest BCUT2D eigenvalue weighted by atomic mass is 32.2. The minimum absolute atomic E-state index is 0.00221. The highest BCUT2D eigenvalue weighted by Gasteiger charge is 2.20. The number of aromatic nitrogens is 2. The molecule has 2 rings (SSSR count). The van der Waals surface area contributed by atoms with Crippen molar-refractivity contribution in [2.75, 3.05) is 0 Å². The molecule has 1 heterocycles. The number of rotatable bonds is 5. The van der Waals surface area contributed by atoms with Gasteiger partial charge in [-0.25, -0.2) is 27.5 Å². The summed E-state index contributed by atoms with van der Waals surface area (Å²) < 4.78 is 40.5. The fourth-order valence-electron chi connectivity index (χ4n) is 1.75. The van der Waals surface area contributed by atoms with Crippen LogP contribution in [0.5, 0.6) is 0 Å². The predicted octanol–water partition coefficient (Wildman–Crippen LogP) is 0.895. The molecule has 0 fully saturated rings. The lowest BCUT2D eigenvalue weighted by atomic mass is 10.1. The number of nitrogens with zero attached hydrogens (tertiary/aromatic N) is 2. The molecule has 0 radical (unpaired) electrons. The lowest BCUT2D eigenvalue weighted by molar-refractivity contribution is 0.281. The van der Waals surface area contributed by atoms with Crippen LogP contribution >= 0.6 is 0 Å². The van der Waals surface area contributed by atoms with Crippen molar-refractivity contribution >= 4 is 10.0 Å². The topological polar surface area (TPSA) is 92.2 Å². The highest BCUT2D eigenvalue weighted by molar-refractivity contribution is 7.89. The van der Waals surface area contributed by atoms with Crippen molar-refractivity contribution in [1.82, 2.24) is 14.7 Å². The van der Waals surface area contributed by atoms with E-state index in [0.29, 0.717) is 5.69 Å². The van der Waals surface area contributed by atoms with E-state index in [0.717, 1.165) is 6.07 Å². The molecule has 2 aromatic rings. The summed E-state index contributed by atoms with van der Waals surface area (Å²) in [5.41, 5.74) is 0.688. The van der Waals surface area contributed by atoms with Crippen LogP contribution in [0.15, 0.2) is 35.6 Å². The van der Waals surface area contributed by atoms with Gasteiger partial charge in [0.1, 0.15) is 12.1 Å².